The molecule has 0 saturated heterocycles. The summed E-state index contributed by atoms with van der Waals surface area (Å²) in [6.07, 6.45) is 5.13. The molecule has 1 amide bonds. The van der Waals surface area contributed by atoms with Gasteiger partial charge in [-0.15, -0.1) is 0 Å². The molecule has 124 valence electrons. The first-order valence-electron chi connectivity index (χ1n) is 8.45. The minimum Gasteiger partial charge on any atom is -0.352 e. The fourth-order valence-corrected chi connectivity index (χ4v) is 3.37. The maximum absolute atomic E-state index is 12.8. The van der Waals surface area contributed by atoms with Crippen LogP contribution in [0.2, 0.25) is 0 Å². The first kappa shape index (κ1) is 18.4. The normalized spacial score (nSPS) is 27.9. The van der Waals surface area contributed by atoms with Crippen molar-refractivity contribution in [2.24, 2.45) is 23.0 Å². The van der Waals surface area contributed by atoms with Crippen LogP contribution in [0.15, 0.2) is 0 Å². The van der Waals surface area contributed by atoms with Gasteiger partial charge in [0.1, 0.15) is 0 Å². The number of carbonyl (C=O) groups excluding carboxylic acids is 1. The van der Waals surface area contributed by atoms with Crippen molar-refractivity contribution in [3.05, 3.63) is 0 Å². The Kier molecular flexibility index (Phi) is 7.14. The summed E-state index contributed by atoms with van der Waals surface area (Å²) in [6, 6.07) is 0.218. The number of amides is 1. The molecule has 1 unspecified atom stereocenters. The van der Waals surface area contributed by atoms with Gasteiger partial charge in [0.05, 0.1) is 5.41 Å². The highest BCUT2D eigenvalue weighted by Crippen LogP contribution is 2.38. The average Bonchev–Trinajstić information content (AvgIpc) is 2.38. The van der Waals surface area contributed by atoms with Crippen molar-refractivity contribution in [3.8, 4) is 0 Å². The lowest BCUT2D eigenvalue weighted by Gasteiger charge is -2.38. The van der Waals surface area contributed by atoms with E-state index in [0.29, 0.717) is 12.5 Å². The smallest absolute Gasteiger partial charge is 0.227 e. The van der Waals surface area contributed by atoms with E-state index in [0.717, 1.165) is 44.6 Å². The Morgan fingerprint density at radius 2 is 1.90 bits per heavy atom. The van der Waals surface area contributed by atoms with Gasteiger partial charge in [-0.3, -0.25) is 4.79 Å². The summed E-state index contributed by atoms with van der Waals surface area (Å²) < 4.78 is 0. The van der Waals surface area contributed by atoms with Crippen molar-refractivity contribution < 1.29 is 4.79 Å². The Balaban J connectivity index is 2.69. The van der Waals surface area contributed by atoms with Gasteiger partial charge in [-0.25, -0.2) is 0 Å². The molecule has 3 N–H and O–H groups in total. The van der Waals surface area contributed by atoms with E-state index in [1.807, 2.05) is 0 Å². The van der Waals surface area contributed by atoms with Crippen molar-refractivity contribution in [1.82, 2.24) is 10.2 Å². The number of likely N-dealkylation sites (N-methyl/N-ethyl adjacent to an activating group) is 1. The molecule has 0 bridgehead atoms. The summed E-state index contributed by atoms with van der Waals surface area (Å²) in [6.45, 7) is 8.04. The predicted octanol–water partition coefficient (Wildman–Crippen LogP) is 2.23. The minimum atomic E-state index is -0.325. The molecule has 0 aromatic carbocycles. The summed E-state index contributed by atoms with van der Waals surface area (Å²) >= 11 is 0. The molecule has 1 atom stereocenters. The predicted molar refractivity (Wildman–Crippen MR) is 89.1 cm³/mol. The van der Waals surface area contributed by atoms with Gasteiger partial charge in [0.25, 0.3) is 0 Å². The van der Waals surface area contributed by atoms with Crippen LogP contribution in [-0.4, -0.2) is 44.0 Å². The maximum Gasteiger partial charge on any atom is 0.227 e. The molecule has 21 heavy (non-hydrogen) atoms. The number of hydrogen-bond donors (Lipinski definition) is 2. The van der Waals surface area contributed by atoms with E-state index in [1.54, 1.807) is 0 Å². The van der Waals surface area contributed by atoms with Crippen LogP contribution in [0.5, 0.6) is 0 Å². The van der Waals surface area contributed by atoms with Crippen LogP contribution >= 0.6 is 0 Å². The molecular weight excluding hydrogens is 262 g/mol. The lowest BCUT2D eigenvalue weighted by molar-refractivity contribution is -0.133. The third-order valence-corrected chi connectivity index (χ3v) is 4.78. The summed E-state index contributed by atoms with van der Waals surface area (Å²) in [4.78, 5) is 15.0. The monoisotopic (exact) mass is 297 g/mol. The number of nitrogens with zero attached hydrogens (tertiary/aromatic N) is 1. The first-order valence-corrected chi connectivity index (χ1v) is 8.45. The summed E-state index contributed by atoms with van der Waals surface area (Å²) in [7, 11) is 4.11. The third-order valence-electron chi connectivity index (χ3n) is 4.78. The fourth-order valence-electron chi connectivity index (χ4n) is 3.37. The zero-order valence-electron chi connectivity index (χ0n) is 14.6. The molecule has 0 aromatic rings. The Labute approximate surface area is 130 Å². The Morgan fingerprint density at radius 3 is 2.33 bits per heavy atom. The average molecular weight is 297 g/mol. The number of nitrogens with two attached hydrogens (primary N) is 1. The van der Waals surface area contributed by atoms with E-state index in [4.69, 9.17) is 5.73 Å². The van der Waals surface area contributed by atoms with E-state index in [-0.39, 0.29) is 17.4 Å². The Hall–Kier alpha value is -0.610. The van der Waals surface area contributed by atoms with Crippen molar-refractivity contribution in [2.75, 3.05) is 27.2 Å². The maximum atomic E-state index is 12.8. The molecule has 0 heterocycles. The SMILES string of the molecule is CC(C)CC(CN(C)C)NC(=O)C1(CN)CCC(C)CC1. The molecule has 4 heteroatoms. The van der Waals surface area contributed by atoms with Crippen LogP contribution in [0.25, 0.3) is 0 Å². The highest BCUT2D eigenvalue weighted by molar-refractivity contribution is 5.83. The second-order valence-corrected chi connectivity index (χ2v) is 7.73. The van der Waals surface area contributed by atoms with Crippen LogP contribution in [0.1, 0.15) is 52.9 Å². The molecule has 0 radical (unpaired) electrons. The highest BCUT2D eigenvalue weighted by atomic mass is 16.2. The second kappa shape index (κ2) is 8.14. The van der Waals surface area contributed by atoms with E-state index in [2.05, 4.69) is 45.1 Å². The topological polar surface area (TPSA) is 58.4 Å². The third kappa shape index (κ3) is 5.59. The molecule has 1 aliphatic rings. The number of nitrogens with one attached hydrogen (secondary N) is 1. The Morgan fingerprint density at radius 1 is 1.33 bits per heavy atom. The zero-order valence-corrected chi connectivity index (χ0v) is 14.6. The molecule has 1 saturated carbocycles. The van der Waals surface area contributed by atoms with Crippen molar-refractivity contribution in [1.29, 1.82) is 0 Å². The number of hydrogen-bond acceptors (Lipinski definition) is 3. The molecule has 1 fully saturated rings. The number of carbonyl (C=O) groups is 1. The highest BCUT2D eigenvalue weighted by Gasteiger charge is 2.40. The van der Waals surface area contributed by atoms with Crippen LogP contribution in [0.3, 0.4) is 0 Å². The van der Waals surface area contributed by atoms with Gasteiger partial charge < -0.3 is 16.0 Å². The zero-order chi connectivity index (χ0) is 16.0. The van der Waals surface area contributed by atoms with Crippen LogP contribution in [-0.2, 0) is 4.79 Å². The van der Waals surface area contributed by atoms with Crippen molar-refractivity contribution >= 4 is 5.91 Å². The standard InChI is InChI=1S/C17H35N3O/c1-13(2)10-15(11-20(4)5)19-16(21)17(12-18)8-6-14(3)7-9-17/h13-15H,6-12,18H2,1-5H3,(H,19,21). The quantitative estimate of drug-likeness (QED) is 0.757. The van der Waals surface area contributed by atoms with Gasteiger partial charge in [-0.1, -0.05) is 20.8 Å². The Bertz CT molecular complexity index is 310. The minimum absolute atomic E-state index is 0.185. The van der Waals surface area contributed by atoms with Gasteiger partial charge in [-0.05, 0) is 58.0 Å². The van der Waals surface area contributed by atoms with Gasteiger partial charge in [0.15, 0.2) is 0 Å². The van der Waals surface area contributed by atoms with Crippen molar-refractivity contribution in [3.63, 3.8) is 0 Å². The molecule has 1 rings (SSSR count). The largest absolute Gasteiger partial charge is 0.352 e. The van der Waals surface area contributed by atoms with E-state index >= 15 is 0 Å². The molecular formula is C17H35N3O. The van der Waals surface area contributed by atoms with Crippen molar-refractivity contribution in [2.45, 2.75) is 58.9 Å². The molecule has 1 aliphatic carbocycles. The van der Waals surface area contributed by atoms with Crippen LogP contribution < -0.4 is 11.1 Å². The van der Waals surface area contributed by atoms with E-state index in [1.165, 1.54) is 0 Å². The lowest BCUT2D eigenvalue weighted by Crippen LogP contribution is -2.53. The molecule has 0 spiro atoms. The van der Waals surface area contributed by atoms with Gasteiger partial charge in [-0.2, -0.15) is 0 Å². The van der Waals surface area contributed by atoms with Crippen LogP contribution in [0, 0.1) is 17.3 Å². The van der Waals surface area contributed by atoms with Crippen LogP contribution in [0.4, 0.5) is 0 Å². The molecule has 0 aliphatic heterocycles. The second-order valence-electron chi connectivity index (χ2n) is 7.73. The van der Waals surface area contributed by atoms with Gasteiger partial charge in [0.2, 0.25) is 5.91 Å². The first-order chi connectivity index (χ1) is 9.79. The van der Waals surface area contributed by atoms with E-state index < -0.39 is 0 Å². The summed E-state index contributed by atoms with van der Waals surface area (Å²) in [5.74, 6) is 1.49. The van der Waals surface area contributed by atoms with Gasteiger partial charge in [0, 0.05) is 19.1 Å². The lowest BCUT2D eigenvalue weighted by atomic mass is 9.70. The van der Waals surface area contributed by atoms with E-state index in [9.17, 15) is 4.79 Å². The summed E-state index contributed by atoms with van der Waals surface area (Å²) in [5, 5.41) is 3.30. The molecule has 0 aromatic heterocycles. The number of rotatable bonds is 7. The molecule has 4 nitrogen and oxygen atoms in total. The van der Waals surface area contributed by atoms with Gasteiger partial charge >= 0.3 is 0 Å². The summed E-state index contributed by atoms with van der Waals surface area (Å²) in [5.41, 5.74) is 5.67. The fraction of sp³-hybridized carbons (Fsp3) is 0.941.